The van der Waals surface area contributed by atoms with Crippen molar-refractivity contribution >= 4 is 0 Å². The maximum Gasteiger partial charge on any atom is 2.00 e. The largest absolute Gasteiger partial charge is 2.00 e. The molecule has 0 aliphatic rings. The minimum Gasteiger partial charge on any atom is -0.855 e. The zero-order valence-corrected chi connectivity index (χ0v) is 15.8. The molecule has 0 N–H and O–H groups in total. The van der Waals surface area contributed by atoms with Crippen LogP contribution in [0.2, 0.25) is 0 Å². The summed E-state index contributed by atoms with van der Waals surface area (Å²) in [5.41, 5.74) is 0. The summed E-state index contributed by atoms with van der Waals surface area (Å²) >= 11 is 0. The molecule has 0 rings (SSSR count). The molecule has 0 aliphatic carbocycles. The van der Waals surface area contributed by atoms with Crippen molar-refractivity contribution < 1.29 is 59.4 Å². The fourth-order valence-corrected chi connectivity index (χ4v) is 0. The molecule has 0 aliphatic heterocycles. The number of hydrogen-bond acceptors (Lipinski definition) is 4. The molecule has 0 heterocycles. The van der Waals surface area contributed by atoms with Crippen molar-refractivity contribution in [3.63, 3.8) is 0 Å². The van der Waals surface area contributed by atoms with Gasteiger partial charge in [-0.25, -0.2) is 0 Å². The van der Waals surface area contributed by atoms with E-state index in [0.29, 0.717) is 0 Å². The van der Waals surface area contributed by atoms with Crippen LogP contribution in [0.1, 0.15) is 27.7 Å². The van der Waals surface area contributed by atoms with Crippen LogP contribution in [0, 0.1) is 0 Å². The average Bonchev–Trinajstić information content (AvgIpc) is 1.92. The maximum absolute atomic E-state index is 8.93. The van der Waals surface area contributed by atoms with Crippen LogP contribution in [0.3, 0.4) is 0 Å². The summed E-state index contributed by atoms with van der Waals surface area (Å²) in [6, 6.07) is 0. The Morgan fingerprint density at radius 1 is 0.500 bits per heavy atom. The Morgan fingerprint density at radius 3 is 0.500 bits per heavy atom. The summed E-state index contributed by atoms with van der Waals surface area (Å²) in [4.78, 5) is 0. The quantitative estimate of drug-likeness (QED) is 0.461. The monoisotopic (exact) mass is 308 g/mol. The van der Waals surface area contributed by atoms with Crippen molar-refractivity contribution in [2.24, 2.45) is 0 Å². The second-order valence-corrected chi connectivity index (χ2v) is 1.15. The van der Waals surface area contributed by atoms with E-state index in [1.807, 2.05) is 0 Å². The molecule has 0 bridgehead atoms. The summed E-state index contributed by atoms with van der Waals surface area (Å²) in [5, 5.41) is 35.7. The van der Waals surface area contributed by atoms with Gasteiger partial charge < -0.3 is 20.4 Å². The van der Waals surface area contributed by atoms with E-state index in [2.05, 4.69) is 0 Å². The van der Waals surface area contributed by atoms with E-state index in [-0.39, 0.29) is 65.4 Å². The summed E-state index contributed by atoms with van der Waals surface area (Å²) in [6.07, 6.45) is 0. The molecule has 0 radical (unpaired) electrons. The zero-order chi connectivity index (χ0) is 10.8. The molecule has 6 heteroatoms. The van der Waals surface area contributed by atoms with Gasteiger partial charge in [0.05, 0.1) is 0 Å². The Labute approximate surface area is 113 Å². The maximum atomic E-state index is 8.93. The Balaban J connectivity index is -0.0000000145. The Hall–Kier alpha value is 1.09. The standard InChI is InChI=1S/4C2H5O.2Zn/c4*1-2-3;;/h4*2H2,1H3;;/q4*-1;2*+2. The predicted molar refractivity (Wildman–Crippen MR) is 42.2 cm³/mol. The van der Waals surface area contributed by atoms with E-state index in [9.17, 15) is 0 Å². The van der Waals surface area contributed by atoms with E-state index in [4.69, 9.17) is 20.4 Å². The molecule has 0 saturated heterocycles. The SMILES string of the molecule is CC[O-].CC[O-].CC[O-].CC[O-].[Zn+2].[Zn+2]. The minimum atomic E-state index is 0. The molecule has 0 unspecified atom stereocenters. The summed E-state index contributed by atoms with van der Waals surface area (Å²) in [6.45, 7) is 6.28. The van der Waals surface area contributed by atoms with Gasteiger partial charge in [-0.15, -0.1) is 26.4 Å². The Kier molecular flexibility index (Phi) is 241. The third-order valence-electron chi connectivity index (χ3n) is 0. The van der Waals surface area contributed by atoms with Crippen molar-refractivity contribution in [2.45, 2.75) is 27.7 Å². The van der Waals surface area contributed by atoms with Crippen LogP contribution in [0.4, 0.5) is 0 Å². The molecular formula is C8H20O4Zn2. The van der Waals surface area contributed by atoms with Crippen LogP contribution in [0.5, 0.6) is 0 Å². The van der Waals surface area contributed by atoms with E-state index in [1.54, 1.807) is 27.7 Å². The van der Waals surface area contributed by atoms with Crippen LogP contribution in [-0.2, 0) is 39.0 Å². The molecule has 0 aromatic heterocycles. The molecule has 0 saturated carbocycles. The van der Waals surface area contributed by atoms with Crippen LogP contribution in [-0.4, -0.2) is 26.4 Å². The van der Waals surface area contributed by atoms with E-state index in [1.165, 1.54) is 0 Å². The van der Waals surface area contributed by atoms with E-state index < -0.39 is 0 Å². The van der Waals surface area contributed by atoms with Crippen LogP contribution < -0.4 is 20.4 Å². The van der Waals surface area contributed by atoms with Crippen molar-refractivity contribution in [1.29, 1.82) is 0 Å². The van der Waals surface area contributed by atoms with Crippen molar-refractivity contribution in [2.75, 3.05) is 26.4 Å². The minimum absolute atomic E-state index is 0. The average molecular weight is 311 g/mol. The molecule has 0 fully saturated rings. The van der Waals surface area contributed by atoms with Gasteiger partial charge in [0, 0.05) is 0 Å². The molecule has 0 aromatic carbocycles. The number of rotatable bonds is 0. The van der Waals surface area contributed by atoms with Gasteiger partial charge in [0.2, 0.25) is 0 Å². The summed E-state index contributed by atoms with van der Waals surface area (Å²) in [5.74, 6) is 0. The van der Waals surface area contributed by atoms with Gasteiger partial charge in [0.25, 0.3) is 0 Å². The molecule has 0 atom stereocenters. The first-order chi connectivity index (χ1) is 5.66. The first-order valence-electron chi connectivity index (χ1n) is 3.98. The van der Waals surface area contributed by atoms with Crippen molar-refractivity contribution in [3.8, 4) is 0 Å². The first-order valence-corrected chi connectivity index (χ1v) is 3.98. The Morgan fingerprint density at radius 2 is 0.500 bits per heavy atom. The Bertz CT molecular complexity index is 27.3. The third kappa shape index (κ3) is 1620. The fraction of sp³-hybridized carbons (Fsp3) is 1.00. The predicted octanol–water partition coefficient (Wildman–Crippen LogP) is -2.54. The van der Waals surface area contributed by atoms with Crippen LogP contribution >= 0.6 is 0 Å². The molecule has 14 heavy (non-hydrogen) atoms. The number of hydrogen-bond donors (Lipinski definition) is 0. The normalized spacial score (nSPS) is 5.14. The van der Waals surface area contributed by atoms with Gasteiger partial charge in [-0.2, -0.15) is 0 Å². The molecular weight excluding hydrogens is 291 g/mol. The molecule has 0 aromatic rings. The zero-order valence-electron chi connectivity index (χ0n) is 9.88. The smallest absolute Gasteiger partial charge is 0.855 e. The van der Waals surface area contributed by atoms with Gasteiger partial charge in [0.15, 0.2) is 0 Å². The first kappa shape index (κ1) is 36.3. The van der Waals surface area contributed by atoms with E-state index >= 15 is 0 Å². The fourth-order valence-electron chi connectivity index (χ4n) is 0. The van der Waals surface area contributed by atoms with E-state index in [0.717, 1.165) is 0 Å². The second-order valence-electron chi connectivity index (χ2n) is 1.15. The van der Waals surface area contributed by atoms with Gasteiger partial charge in [0.1, 0.15) is 0 Å². The van der Waals surface area contributed by atoms with Crippen LogP contribution in [0.15, 0.2) is 0 Å². The molecule has 0 amide bonds. The molecule has 80 valence electrons. The van der Waals surface area contributed by atoms with Gasteiger partial charge >= 0.3 is 39.0 Å². The van der Waals surface area contributed by atoms with Crippen molar-refractivity contribution in [1.82, 2.24) is 0 Å². The summed E-state index contributed by atoms with van der Waals surface area (Å²) < 4.78 is 0. The summed E-state index contributed by atoms with van der Waals surface area (Å²) in [7, 11) is 0. The van der Waals surface area contributed by atoms with Gasteiger partial charge in [-0.05, 0) is 0 Å². The van der Waals surface area contributed by atoms with Gasteiger partial charge in [-0.3, -0.25) is 0 Å². The topological polar surface area (TPSA) is 92.2 Å². The van der Waals surface area contributed by atoms with Crippen LogP contribution in [0.25, 0.3) is 0 Å². The second kappa shape index (κ2) is 93.2. The third-order valence-corrected chi connectivity index (χ3v) is 0. The van der Waals surface area contributed by atoms with Gasteiger partial charge in [-0.1, -0.05) is 27.7 Å². The van der Waals surface area contributed by atoms with Crippen molar-refractivity contribution in [3.05, 3.63) is 0 Å². The molecule has 4 nitrogen and oxygen atoms in total. The molecule has 0 spiro atoms.